The molecule has 0 aliphatic rings. The number of carbonyl (C=O) groups excluding carboxylic acids is 1. The van der Waals surface area contributed by atoms with Gasteiger partial charge < -0.3 is 10.1 Å². The van der Waals surface area contributed by atoms with E-state index in [2.05, 4.69) is 69.6 Å². The van der Waals surface area contributed by atoms with Crippen LogP contribution in [0, 0.1) is 17.4 Å². The molecule has 0 saturated carbocycles. The number of halogens is 1. The lowest BCUT2D eigenvalue weighted by Gasteiger charge is -2.08. The van der Waals surface area contributed by atoms with E-state index in [-0.39, 0.29) is 12.5 Å². The molecule has 3 aromatic carbocycles. The second kappa shape index (κ2) is 10.8. The molecule has 0 spiro atoms. The SMILES string of the molecule is Cc1ccc(NCC(=O)N/N=C\c2ccc(OCc3ccc(I)cc3)cc2)cc1C. The van der Waals surface area contributed by atoms with Crippen molar-refractivity contribution in [2.45, 2.75) is 20.5 Å². The lowest BCUT2D eigenvalue weighted by atomic mass is 10.1. The number of ether oxygens (including phenoxy) is 1. The Kier molecular flexibility index (Phi) is 7.84. The molecule has 6 heteroatoms. The molecular weight excluding hydrogens is 489 g/mol. The third-order valence-corrected chi connectivity index (χ3v) is 5.28. The van der Waals surface area contributed by atoms with Gasteiger partial charge in [-0.25, -0.2) is 5.43 Å². The van der Waals surface area contributed by atoms with Crippen LogP contribution in [0.15, 0.2) is 71.8 Å². The van der Waals surface area contributed by atoms with Crippen molar-refractivity contribution >= 4 is 40.4 Å². The van der Waals surface area contributed by atoms with Gasteiger partial charge in [0.1, 0.15) is 12.4 Å². The zero-order valence-electron chi connectivity index (χ0n) is 17.0. The first-order chi connectivity index (χ1) is 14.5. The second-order valence-corrected chi connectivity index (χ2v) is 8.18. The minimum atomic E-state index is -0.207. The van der Waals surface area contributed by atoms with Crippen LogP contribution in [0.25, 0.3) is 0 Å². The lowest BCUT2D eigenvalue weighted by molar-refractivity contribution is -0.119. The fourth-order valence-corrected chi connectivity index (χ4v) is 3.01. The first kappa shape index (κ1) is 21.8. The van der Waals surface area contributed by atoms with Crippen LogP contribution in [0.1, 0.15) is 22.3 Å². The molecule has 3 rings (SSSR count). The number of benzene rings is 3. The molecule has 0 bridgehead atoms. The molecule has 0 aliphatic heterocycles. The van der Waals surface area contributed by atoms with E-state index in [1.807, 2.05) is 49.4 Å². The maximum Gasteiger partial charge on any atom is 0.259 e. The fourth-order valence-electron chi connectivity index (χ4n) is 2.65. The van der Waals surface area contributed by atoms with Crippen LogP contribution in [0.2, 0.25) is 0 Å². The molecule has 154 valence electrons. The summed E-state index contributed by atoms with van der Waals surface area (Å²) in [5, 5.41) is 7.11. The van der Waals surface area contributed by atoms with Crippen molar-refractivity contribution in [2.24, 2.45) is 5.10 Å². The largest absolute Gasteiger partial charge is 0.489 e. The van der Waals surface area contributed by atoms with Gasteiger partial charge in [-0.1, -0.05) is 18.2 Å². The van der Waals surface area contributed by atoms with E-state index < -0.39 is 0 Å². The van der Waals surface area contributed by atoms with Crippen molar-refractivity contribution in [3.63, 3.8) is 0 Å². The Morgan fingerprint density at radius 3 is 2.43 bits per heavy atom. The summed E-state index contributed by atoms with van der Waals surface area (Å²) in [5.41, 5.74) is 7.85. The summed E-state index contributed by atoms with van der Waals surface area (Å²) >= 11 is 2.28. The molecular formula is C24H24IN3O2. The van der Waals surface area contributed by atoms with Gasteiger partial charge in [-0.3, -0.25) is 4.79 Å². The van der Waals surface area contributed by atoms with E-state index in [0.29, 0.717) is 6.61 Å². The number of nitrogens with one attached hydrogen (secondary N) is 2. The van der Waals surface area contributed by atoms with Crippen LogP contribution >= 0.6 is 22.6 Å². The predicted octanol–water partition coefficient (Wildman–Crippen LogP) is 5.05. The Morgan fingerprint density at radius 2 is 1.73 bits per heavy atom. The predicted molar refractivity (Wildman–Crippen MR) is 130 cm³/mol. The Labute approximate surface area is 190 Å². The molecule has 0 heterocycles. The average molecular weight is 513 g/mol. The summed E-state index contributed by atoms with van der Waals surface area (Å²) in [6.45, 7) is 4.78. The molecule has 0 saturated heterocycles. The number of anilines is 1. The maximum atomic E-state index is 11.9. The van der Waals surface area contributed by atoms with Crippen molar-refractivity contribution < 1.29 is 9.53 Å². The van der Waals surface area contributed by atoms with E-state index >= 15 is 0 Å². The molecule has 0 unspecified atom stereocenters. The van der Waals surface area contributed by atoms with Gasteiger partial charge in [-0.05, 0) is 107 Å². The quantitative estimate of drug-likeness (QED) is 0.252. The third-order valence-electron chi connectivity index (χ3n) is 4.56. The summed E-state index contributed by atoms with van der Waals surface area (Å²) in [4.78, 5) is 11.9. The Balaban J connectivity index is 1.42. The Morgan fingerprint density at radius 1 is 1.00 bits per heavy atom. The third kappa shape index (κ3) is 6.88. The molecule has 0 aromatic heterocycles. The lowest BCUT2D eigenvalue weighted by Crippen LogP contribution is -2.25. The molecule has 0 atom stereocenters. The fraction of sp³-hybridized carbons (Fsp3) is 0.167. The average Bonchev–Trinajstić information content (AvgIpc) is 2.75. The highest BCUT2D eigenvalue weighted by molar-refractivity contribution is 14.1. The monoisotopic (exact) mass is 513 g/mol. The second-order valence-electron chi connectivity index (χ2n) is 6.93. The summed E-state index contributed by atoms with van der Waals surface area (Å²) in [5.74, 6) is 0.578. The number of hydrogen-bond acceptors (Lipinski definition) is 4. The minimum Gasteiger partial charge on any atom is -0.489 e. The van der Waals surface area contributed by atoms with E-state index in [1.165, 1.54) is 14.7 Å². The van der Waals surface area contributed by atoms with Gasteiger partial charge in [0.15, 0.2) is 0 Å². The van der Waals surface area contributed by atoms with E-state index in [4.69, 9.17) is 4.74 Å². The maximum absolute atomic E-state index is 11.9. The molecule has 0 radical (unpaired) electrons. The van der Waals surface area contributed by atoms with E-state index in [9.17, 15) is 4.79 Å². The van der Waals surface area contributed by atoms with Crippen LogP contribution in [0.5, 0.6) is 5.75 Å². The van der Waals surface area contributed by atoms with Gasteiger partial charge in [0.05, 0.1) is 12.8 Å². The highest BCUT2D eigenvalue weighted by Crippen LogP contribution is 2.15. The van der Waals surface area contributed by atoms with Crippen LogP contribution in [0.3, 0.4) is 0 Å². The number of hydrazone groups is 1. The highest BCUT2D eigenvalue weighted by Gasteiger charge is 2.01. The van der Waals surface area contributed by atoms with Gasteiger partial charge in [-0.15, -0.1) is 0 Å². The van der Waals surface area contributed by atoms with Crippen molar-refractivity contribution in [2.75, 3.05) is 11.9 Å². The molecule has 5 nitrogen and oxygen atoms in total. The molecule has 0 aliphatic carbocycles. The molecule has 2 N–H and O–H groups in total. The van der Waals surface area contributed by atoms with Crippen molar-refractivity contribution in [3.8, 4) is 5.75 Å². The number of aryl methyl sites for hydroxylation is 2. The standard InChI is InChI=1S/C24H24IN3O2/c1-17-3-10-22(13-18(17)2)26-15-24(29)28-27-14-19-6-11-23(12-7-19)30-16-20-4-8-21(25)9-5-20/h3-14,26H,15-16H2,1-2H3,(H,28,29)/b27-14-. The number of carbonyl (C=O) groups is 1. The summed E-state index contributed by atoms with van der Waals surface area (Å²) in [6, 6.07) is 21.8. The van der Waals surface area contributed by atoms with Crippen LogP contribution in [0.4, 0.5) is 5.69 Å². The van der Waals surface area contributed by atoms with E-state index in [0.717, 1.165) is 22.6 Å². The Bertz CT molecular complexity index is 1020. The molecule has 3 aromatic rings. The molecule has 30 heavy (non-hydrogen) atoms. The summed E-state index contributed by atoms with van der Waals surface area (Å²) in [6.07, 6.45) is 1.61. The van der Waals surface area contributed by atoms with Gasteiger partial charge in [-0.2, -0.15) is 5.10 Å². The molecule has 1 amide bonds. The Hall–Kier alpha value is -2.87. The molecule has 0 fully saturated rings. The topological polar surface area (TPSA) is 62.7 Å². The van der Waals surface area contributed by atoms with Crippen molar-refractivity contribution in [1.82, 2.24) is 5.43 Å². The number of amides is 1. The first-order valence-corrected chi connectivity index (χ1v) is 10.7. The zero-order chi connectivity index (χ0) is 21.3. The number of hydrogen-bond donors (Lipinski definition) is 2. The van der Waals surface area contributed by atoms with Gasteiger partial charge in [0.2, 0.25) is 0 Å². The zero-order valence-corrected chi connectivity index (χ0v) is 19.1. The van der Waals surface area contributed by atoms with Gasteiger partial charge in [0, 0.05) is 9.26 Å². The van der Waals surface area contributed by atoms with E-state index in [1.54, 1.807) is 6.21 Å². The first-order valence-electron chi connectivity index (χ1n) is 9.60. The summed E-state index contributed by atoms with van der Waals surface area (Å²) in [7, 11) is 0. The van der Waals surface area contributed by atoms with Crippen LogP contribution in [-0.4, -0.2) is 18.7 Å². The van der Waals surface area contributed by atoms with Crippen LogP contribution in [-0.2, 0) is 11.4 Å². The minimum absolute atomic E-state index is 0.158. The number of nitrogens with zero attached hydrogens (tertiary/aromatic N) is 1. The normalized spacial score (nSPS) is 10.8. The van der Waals surface area contributed by atoms with Crippen molar-refractivity contribution in [1.29, 1.82) is 0 Å². The van der Waals surface area contributed by atoms with Gasteiger partial charge >= 0.3 is 0 Å². The number of rotatable bonds is 8. The smallest absolute Gasteiger partial charge is 0.259 e. The van der Waals surface area contributed by atoms with Crippen molar-refractivity contribution in [3.05, 3.63) is 92.6 Å². The highest BCUT2D eigenvalue weighted by atomic mass is 127. The van der Waals surface area contributed by atoms with Crippen LogP contribution < -0.4 is 15.5 Å². The summed E-state index contributed by atoms with van der Waals surface area (Å²) < 4.78 is 7.00. The van der Waals surface area contributed by atoms with Gasteiger partial charge in [0.25, 0.3) is 5.91 Å².